The molecule has 1 amide bonds. The number of aromatic nitrogens is 3. The highest BCUT2D eigenvalue weighted by molar-refractivity contribution is 7.80. The predicted molar refractivity (Wildman–Crippen MR) is 136 cm³/mol. The number of hydroxylamine groups is 1. The van der Waals surface area contributed by atoms with Crippen LogP contribution in [0.3, 0.4) is 0 Å². The first kappa shape index (κ1) is 26.8. The molecule has 0 aliphatic rings. The van der Waals surface area contributed by atoms with E-state index in [1.54, 1.807) is 31.2 Å². The van der Waals surface area contributed by atoms with E-state index < -0.39 is 17.2 Å². The second kappa shape index (κ2) is 12.2. The highest BCUT2D eigenvalue weighted by atomic mass is 32.2. The molecule has 36 heavy (non-hydrogen) atoms. The Bertz CT molecular complexity index is 1240. The molecule has 2 heterocycles. The number of rotatable bonds is 11. The van der Waals surface area contributed by atoms with E-state index in [-0.39, 0.29) is 24.1 Å². The topological polar surface area (TPSA) is 154 Å². The number of carbonyl (C=O) groups excluding carboxylic acids is 1. The molecule has 0 saturated carbocycles. The van der Waals surface area contributed by atoms with Crippen LogP contribution in [0.4, 0.5) is 28.7 Å². The molecule has 12 nitrogen and oxygen atoms in total. The average Bonchev–Trinajstić information content (AvgIpc) is 2.87. The lowest BCUT2D eigenvalue weighted by atomic mass is 10.0. The lowest BCUT2D eigenvalue weighted by Gasteiger charge is -2.26. The minimum atomic E-state index is -2.51. The highest BCUT2D eigenvalue weighted by Crippen LogP contribution is 2.34. The number of ether oxygens (including phenoxy) is 1. The van der Waals surface area contributed by atoms with Gasteiger partial charge in [0, 0.05) is 36.8 Å². The molecule has 0 bridgehead atoms. The van der Waals surface area contributed by atoms with Gasteiger partial charge in [0.25, 0.3) is 5.91 Å². The lowest BCUT2D eigenvalue weighted by molar-refractivity contribution is 0.0365. The Kier molecular flexibility index (Phi) is 9.11. The molecule has 3 aromatic rings. The van der Waals surface area contributed by atoms with Crippen molar-refractivity contribution in [1.82, 2.24) is 20.4 Å². The number of anilines is 5. The first-order chi connectivity index (χ1) is 17.2. The number of methoxy groups -OCH3 is 1. The van der Waals surface area contributed by atoms with Crippen molar-refractivity contribution in [1.29, 1.82) is 0 Å². The zero-order valence-corrected chi connectivity index (χ0v) is 21.4. The molecule has 3 N–H and O–H groups in total. The Morgan fingerprint density at radius 3 is 2.58 bits per heavy atom. The number of hydrogen-bond acceptors (Lipinski definition) is 10. The Morgan fingerprint density at radius 2 is 1.92 bits per heavy atom. The largest absolute Gasteiger partial charge is 0.755 e. The van der Waals surface area contributed by atoms with Crippen LogP contribution in [0.2, 0.25) is 0 Å². The van der Waals surface area contributed by atoms with E-state index in [1.807, 2.05) is 19.9 Å². The zero-order chi connectivity index (χ0) is 26.2. The van der Waals surface area contributed by atoms with Crippen LogP contribution in [-0.4, -0.2) is 50.4 Å². The van der Waals surface area contributed by atoms with Crippen LogP contribution in [-0.2, 0) is 16.1 Å². The summed E-state index contributed by atoms with van der Waals surface area (Å²) >= 11 is -2.51. The van der Waals surface area contributed by atoms with Gasteiger partial charge < -0.3 is 24.2 Å². The summed E-state index contributed by atoms with van der Waals surface area (Å²) in [4.78, 5) is 30.3. The van der Waals surface area contributed by atoms with Crippen LogP contribution in [0.5, 0.6) is 6.01 Å². The maximum Gasteiger partial charge on any atom is 0.318 e. The maximum absolute atomic E-state index is 12.8. The molecule has 1 atom stereocenters. The van der Waals surface area contributed by atoms with Gasteiger partial charge in [0.05, 0.1) is 36.3 Å². The molecule has 1 unspecified atom stereocenters. The van der Waals surface area contributed by atoms with E-state index >= 15 is 0 Å². The van der Waals surface area contributed by atoms with Gasteiger partial charge in [-0.25, -0.2) is 15.4 Å². The second-order valence-electron chi connectivity index (χ2n) is 7.80. The second-order valence-corrected chi connectivity index (χ2v) is 8.79. The standard InChI is InChI=1S/C23H29N7O5S/c1-6-35-29-22(31)16-13-25-21(27-20-9-10-24-23(28-20)34-5)12-18(16)26-17-8-7-15(14(2)3)11-19(17)30(4)36(32)33/h7-14H,6H2,1-5H3,(H,29,31)(H,32,33)(H2,24,25,26,27,28)/p-1. The van der Waals surface area contributed by atoms with Crippen molar-refractivity contribution >= 4 is 45.9 Å². The monoisotopic (exact) mass is 514 g/mol. The van der Waals surface area contributed by atoms with Gasteiger partial charge >= 0.3 is 6.01 Å². The fraction of sp³-hybridized carbons (Fsp3) is 0.304. The molecule has 1 aromatic carbocycles. The summed E-state index contributed by atoms with van der Waals surface area (Å²) in [6.45, 7) is 6.04. The summed E-state index contributed by atoms with van der Waals surface area (Å²) in [5.74, 6) is 0.450. The van der Waals surface area contributed by atoms with Crippen molar-refractivity contribution in [3.05, 3.63) is 53.9 Å². The number of nitrogens with zero attached hydrogens (tertiary/aromatic N) is 4. The SMILES string of the molecule is CCONC(=O)c1cnc(Nc2ccnc(OC)n2)cc1Nc1ccc(C(C)C)cc1N(C)S(=O)[O-]. The van der Waals surface area contributed by atoms with Crippen molar-refractivity contribution in [3.63, 3.8) is 0 Å². The van der Waals surface area contributed by atoms with E-state index in [4.69, 9.17) is 9.57 Å². The van der Waals surface area contributed by atoms with Gasteiger partial charge in [-0.05, 0) is 36.6 Å². The predicted octanol–water partition coefficient (Wildman–Crippen LogP) is 3.40. The maximum atomic E-state index is 12.8. The van der Waals surface area contributed by atoms with Crippen molar-refractivity contribution in [2.75, 3.05) is 35.7 Å². The van der Waals surface area contributed by atoms with Crippen molar-refractivity contribution < 1.29 is 23.1 Å². The molecule has 3 rings (SSSR count). The summed E-state index contributed by atoms with van der Waals surface area (Å²) in [7, 11) is 2.90. The summed E-state index contributed by atoms with van der Waals surface area (Å²) in [5, 5.41) is 6.22. The van der Waals surface area contributed by atoms with E-state index in [1.165, 1.54) is 26.6 Å². The molecule has 0 radical (unpaired) electrons. The first-order valence-corrected chi connectivity index (χ1v) is 12.1. The van der Waals surface area contributed by atoms with E-state index in [9.17, 15) is 13.6 Å². The molecule has 13 heteroatoms. The molecule has 0 aliphatic heterocycles. The number of amides is 1. The summed E-state index contributed by atoms with van der Waals surface area (Å²) < 4.78 is 29.7. The third kappa shape index (κ3) is 6.65. The zero-order valence-electron chi connectivity index (χ0n) is 20.6. The quantitative estimate of drug-likeness (QED) is 0.256. The van der Waals surface area contributed by atoms with Gasteiger partial charge in [0.1, 0.15) is 11.6 Å². The Balaban J connectivity index is 2.04. The third-order valence-electron chi connectivity index (χ3n) is 5.05. The molecular formula is C23H28N7O5S-. The van der Waals surface area contributed by atoms with Gasteiger partial charge in [-0.1, -0.05) is 19.9 Å². The number of pyridine rings is 1. The van der Waals surface area contributed by atoms with Gasteiger partial charge in [-0.15, -0.1) is 0 Å². The van der Waals surface area contributed by atoms with Crippen molar-refractivity contribution in [2.45, 2.75) is 26.7 Å². The third-order valence-corrected chi connectivity index (χ3v) is 5.69. The fourth-order valence-electron chi connectivity index (χ4n) is 3.14. The normalized spacial score (nSPS) is 11.6. The highest BCUT2D eigenvalue weighted by Gasteiger charge is 2.18. The Labute approximate surface area is 211 Å². The van der Waals surface area contributed by atoms with Gasteiger partial charge in [0.15, 0.2) is 0 Å². The molecule has 0 fully saturated rings. The summed E-state index contributed by atoms with van der Waals surface area (Å²) in [5.41, 5.74) is 4.73. The van der Waals surface area contributed by atoms with Crippen LogP contribution >= 0.6 is 0 Å². The summed E-state index contributed by atoms with van der Waals surface area (Å²) in [6, 6.07) is 8.86. The van der Waals surface area contributed by atoms with Crippen LogP contribution in [0.1, 0.15) is 42.6 Å². The smallest absolute Gasteiger partial charge is 0.318 e. The van der Waals surface area contributed by atoms with Gasteiger partial charge in [0.2, 0.25) is 0 Å². The number of benzene rings is 1. The Hall–Kier alpha value is -3.81. The summed E-state index contributed by atoms with van der Waals surface area (Å²) in [6.07, 6.45) is 2.90. The Morgan fingerprint density at radius 1 is 1.14 bits per heavy atom. The van der Waals surface area contributed by atoms with Crippen LogP contribution in [0.25, 0.3) is 0 Å². The number of hydrogen-bond donors (Lipinski definition) is 3. The number of carbonyl (C=O) groups is 1. The molecular weight excluding hydrogens is 486 g/mol. The van der Waals surface area contributed by atoms with E-state index in [0.29, 0.717) is 28.7 Å². The molecule has 2 aromatic heterocycles. The minimum absolute atomic E-state index is 0.176. The minimum Gasteiger partial charge on any atom is -0.755 e. The van der Waals surface area contributed by atoms with Crippen LogP contribution in [0, 0.1) is 0 Å². The first-order valence-electron chi connectivity index (χ1n) is 11.0. The van der Waals surface area contributed by atoms with Crippen molar-refractivity contribution in [2.24, 2.45) is 0 Å². The molecule has 0 spiro atoms. The fourth-order valence-corrected chi connectivity index (χ4v) is 3.45. The van der Waals surface area contributed by atoms with Crippen molar-refractivity contribution in [3.8, 4) is 6.01 Å². The number of nitrogens with one attached hydrogen (secondary N) is 3. The van der Waals surface area contributed by atoms with Gasteiger partial charge in [-0.2, -0.15) is 4.98 Å². The van der Waals surface area contributed by atoms with Crippen LogP contribution < -0.4 is 25.2 Å². The molecule has 0 aliphatic carbocycles. The molecule has 192 valence electrons. The van der Waals surface area contributed by atoms with E-state index in [2.05, 4.69) is 31.1 Å². The average molecular weight is 515 g/mol. The lowest BCUT2D eigenvalue weighted by Crippen LogP contribution is -2.25. The van der Waals surface area contributed by atoms with Crippen LogP contribution in [0.15, 0.2) is 42.7 Å². The van der Waals surface area contributed by atoms with Gasteiger partial charge in [-0.3, -0.25) is 13.8 Å². The van der Waals surface area contributed by atoms with E-state index in [0.717, 1.165) is 9.87 Å². The molecule has 0 saturated heterocycles.